The van der Waals surface area contributed by atoms with Gasteiger partial charge in [0, 0.05) is 61.7 Å². The fraction of sp³-hybridized carbons (Fsp3) is 0.129. The minimum absolute atomic E-state index is 0.0151. The molecule has 93 heavy (non-hydrogen) atoms. The van der Waals surface area contributed by atoms with Gasteiger partial charge in [-0.3, -0.25) is 18.7 Å². The molecule has 0 aliphatic heterocycles. The summed E-state index contributed by atoms with van der Waals surface area (Å²) in [6, 6.07) is 32.4. The third-order valence-electron chi connectivity index (χ3n) is 13.6. The van der Waals surface area contributed by atoms with Crippen LogP contribution in [0.25, 0.3) is 33.2 Å². The van der Waals surface area contributed by atoms with Crippen LogP contribution in [0.1, 0.15) is 11.1 Å². The minimum atomic E-state index is -5.08. The number of rotatable bonds is 19. The number of fused-ring (bicyclic) bond motifs is 2. The van der Waals surface area contributed by atoms with Gasteiger partial charge < -0.3 is 46.8 Å². The topological polar surface area (TPSA) is 244 Å². The smallest absolute Gasteiger partial charge is 0.339 e. The molecule has 0 radical (unpaired) electrons. The highest BCUT2D eigenvalue weighted by Gasteiger charge is 2.33. The summed E-state index contributed by atoms with van der Waals surface area (Å²) in [5, 5.41) is 3.96. The molecule has 31 heteroatoms. The van der Waals surface area contributed by atoms with Gasteiger partial charge >= 0.3 is 16.1 Å². The van der Waals surface area contributed by atoms with Crippen molar-refractivity contribution in [2.24, 2.45) is 0 Å². The normalized spacial score (nSPS) is 11.2. The number of anilines is 2. The van der Waals surface area contributed by atoms with Crippen molar-refractivity contribution < 1.29 is 80.2 Å². The highest BCUT2D eigenvalue weighted by Crippen LogP contribution is 2.38. The number of aromatic nitrogens is 4. The van der Waals surface area contributed by atoms with Gasteiger partial charge in [0.25, 0.3) is 27.2 Å². The van der Waals surface area contributed by atoms with Crippen molar-refractivity contribution >= 4 is 97.4 Å². The number of hydrogen-bond donors (Lipinski definition) is 1. The van der Waals surface area contributed by atoms with E-state index in [1.165, 1.54) is 98.8 Å². The van der Waals surface area contributed by atoms with Gasteiger partial charge in [0.05, 0.1) is 93.9 Å². The Kier molecular flexibility index (Phi) is 21.1. The number of sulfonamides is 1. The molecule has 4 heterocycles. The van der Waals surface area contributed by atoms with Gasteiger partial charge in [-0.2, -0.15) is 17.2 Å². The molecule has 0 fully saturated rings. The second-order valence-electron chi connectivity index (χ2n) is 19.0. The van der Waals surface area contributed by atoms with Gasteiger partial charge in [-0.25, -0.2) is 35.9 Å². The zero-order chi connectivity index (χ0) is 67.1. The molecule has 0 spiro atoms. The Morgan fingerprint density at radius 1 is 0.548 bits per heavy atom. The summed E-state index contributed by atoms with van der Waals surface area (Å²) < 4.78 is 173. The first-order chi connectivity index (χ1) is 44.5. The lowest BCUT2D eigenvalue weighted by atomic mass is 10.2. The lowest BCUT2D eigenvalue weighted by molar-refractivity contribution is 0.346. The highest BCUT2D eigenvalue weighted by molar-refractivity contribution is 9.10. The van der Waals surface area contributed by atoms with Crippen LogP contribution in [-0.2, 0) is 33.2 Å². The molecule has 0 aliphatic carbocycles. The molecule has 11 rings (SSSR count). The fourth-order valence-corrected chi connectivity index (χ4v) is 12.3. The Morgan fingerprint density at radius 2 is 1.08 bits per heavy atom. The molecule has 0 amide bonds. The molecule has 0 saturated carbocycles. The van der Waals surface area contributed by atoms with Gasteiger partial charge in [-0.15, -0.1) is 0 Å². The zero-order valence-corrected chi connectivity index (χ0v) is 54.6. The van der Waals surface area contributed by atoms with E-state index < -0.39 is 65.4 Å². The predicted molar refractivity (Wildman–Crippen MR) is 339 cm³/mol. The maximum atomic E-state index is 14.0. The van der Waals surface area contributed by atoms with Crippen LogP contribution in [0.5, 0.6) is 40.2 Å². The number of hydrogen-bond acceptors (Lipinski definition) is 18. The van der Waals surface area contributed by atoms with Crippen LogP contribution in [0.3, 0.4) is 0 Å². The zero-order valence-electron chi connectivity index (χ0n) is 49.0. The standard InChI is InChI=1S/C28H24BrN3O7S.C22H10BrClF5NO5S.C12H14N2O3/c1-36-21-7-4-19(25(16-21)37-2)17-31(28-30-12-13-39-28)40(34,35)22-8-10-23-18(14-22)5-11-27(33)32(23)24-9-6-20(29)15-26(24)38-3;1-34-15-7-11(23)12(24)8-14(15)30-13-4-3-10(6-9(13)2-5-16(30)31)36(32,33)35-22-20(28)18(26)17(25)19(27)21(22)29;1-15-10-4-3-9(11(7-10)16-2)8-14-12-13-5-6-17-12/h4-16H,17H2,1-3H3;2-8H,1H3;3-7H,8H2,1-2H3,(H,13,14). The Hall–Kier alpha value is -9.62. The number of ether oxygens (including phenoxy) is 6. The van der Waals surface area contributed by atoms with Crippen LogP contribution < -0.4 is 53.3 Å². The molecule has 0 saturated heterocycles. The van der Waals surface area contributed by atoms with Gasteiger partial charge in [-0.05, 0) is 119 Å². The molecule has 1 N–H and O–H groups in total. The van der Waals surface area contributed by atoms with Crippen molar-refractivity contribution in [3.05, 3.63) is 227 Å². The van der Waals surface area contributed by atoms with Gasteiger partial charge in [0.1, 0.15) is 51.9 Å². The number of pyridine rings is 2. The van der Waals surface area contributed by atoms with Crippen molar-refractivity contribution in [3.63, 3.8) is 0 Å². The van der Waals surface area contributed by atoms with Crippen LogP contribution in [0, 0.1) is 29.1 Å². The number of nitrogens with one attached hydrogen (secondary N) is 1. The summed E-state index contributed by atoms with van der Waals surface area (Å²) in [4.78, 5) is 33.1. The number of benzene rings is 7. The van der Waals surface area contributed by atoms with Crippen molar-refractivity contribution in [2.75, 3.05) is 52.3 Å². The van der Waals surface area contributed by atoms with Gasteiger partial charge in [0.2, 0.25) is 34.8 Å². The van der Waals surface area contributed by atoms with E-state index >= 15 is 0 Å². The molecule has 11 aromatic rings. The van der Waals surface area contributed by atoms with E-state index in [-0.39, 0.29) is 50.4 Å². The molecular weight excluding hydrogens is 1420 g/mol. The molecule has 0 atom stereocenters. The van der Waals surface area contributed by atoms with E-state index in [1.54, 1.807) is 68.9 Å². The van der Waals surface area contributed by atoms with Gasteiger partial charge in [0.15, 0.2) is 0 Å². The lowest BCUT2D eigenvalue weighted by Crippen LogP contribution is -2.31. The molecular formula is C62H48Br2ClF5N6O15S2. The van der Waals surface area contributed by atoms with Crippen LogP contribution in [0.2, 0.25) is 5.02 Å². The number of nitrogens with zero attached hydrogens (tertiary/aromatic N) is 5. The number of methoxy groups -OCH3 is 6. The third-order valence-corrected chi connectivity index (χ3v) is 18.2. The van der Waals surface area contributed by atoms with E-state index in [4.69, 9.17) is 48.9 Å². The van der Waals surface area contributed by atoms with Crippen molar-refractivity contribution in [1.82, 2.24) is 19.1 Å². The van der Waals surface area contributed by atoms with Gasteiger partial charge in [-0.1, -0.05) is 27.5 Å². The Bertz CT molecular complexity index is 4930. The summed E-state index contributed by atoms with van der Waals surface area (Å²) in [6.07, 6.45) is 5.78. The molecule has 0 aliphatic rings. The maximum absolute atomic E-state index is 14.0. The van der Waals surface area contributed by atoms with Crippen molar-refractivity contribution in [2.45, 2.75) is 22.9 Å². The van der Waals surface area contributed by atoms with Crippen molar-refractivity contribution in [1.29, 1.82) is 0 Å². The lowest BCUT2D eigenvalue weighted by Gasteiger charge is -2.22. The van der Waals surface area contributed by atoms with Crippen LogP contribution in [0.15, 0.2) is 189 Å². The second-order valence-corrected chi connectivity index (χ2v) is 24.6. The van der Waals surface area contributed by atoms with Crippen LogP contribution in [-0.4, -0.2) is 78.6 Å². The summed E-state index contributed by atoms with van der Waals surface area (Å²) >= 11 is 12.8. The SMILES string of the molecule is COc1cc(Br)c(Cl)cc1-n1c(=O)ccc2cc(S(=O)(=O)Oc3c(F)c(F)c(F)c(F)c3F)ccc21.COc1ccc(CN(c2ncco2)S(=O)(=O)c2ccc3c(ccc(=O)n3-c3ccc(Br)cc3OC)c2)c(OC)c1.COc1ccc(CNc2ncco2)c(OC)c1. The first-order valence-corrected chi connectivity index (χ1v) is 31.4. The second kappa shape index (κ2) is 28.9. The summed E-state index contributed by atoms with van der Waals surface area (Å²) in [5.41, 5.74) is 2.16. The quantitative estimate of drug-likeness (QED) is 0.0342. The minimum Gasteiger partial charge on any atom is -0.497 e. The Labute approximate surface area is 547 Å². The monoisotopic (exact) mass is 1470 g/mol. The Balaban J connectivity index is 0.000000177. The van der Waals surface area contributed by atoms with E-state index in [0.29, 0.717) is 56.4 Å². The predicted octanol–water partition coefficient (Wildman–Crippen LogP) is 13.3. The Morgan fingerprint density at radius 3 is 1.63 bits per heavy atom. The first kappa shape index (κ1) is 67.8. The van der Waals surface area contributed by atoms with Crippen LogP contribution in [0.4, 0.5) is 34.0 Å². The average molecular weight is 1470 g/mol. The molecule has 7 aromatic carbocycles. The van der Waals surface area contributed by atoms with E-state index in [2.05, 4.69) is 51.3 Å². The van der Waals surface area contributed by atoms with Crippen molar-refractivity contribution in [3.8, 4) is 51.6 Å². The first-order valence-electron chi connectivity index (χ1n) is 26.6. The summed E-state index contributed by atoms with van der Waals surface area (Å²) in [6.45, 7) is 0.456. The average Bonchev–Trinajstić information content (AvgIpc) is 1.54. The maximum Gasteiger partial charge on any atom is 0.339 e. The van der Waals surface area contributed by atoms with E-state index in [1.807, 2.05) is 18.2 Å². The van der Waals surface area contributed by atoms with Crippen LogP contribution >= 0.6 is 43.5 Å². The molecule has 0 bridgehead atoms. The largest absolute Gasteiger partial charge is 0.497 e. The van der Waals surface area contributed by atoms with E-state index in [9.17, 15) is 48.4 Å². The third kappa shape index (κ3) is 14.5. The molecule has 484 valence electrons. The molecule has 21 nitrogen and oxygen atoms in total. The molecule has 0 unspecified atom stereocenters. The fourth-order valence-electron chi connectivity index (χ4n) is 9.11. The summed E-state index contributed by atoms with van der Waals surface area (Å²) in [5.74, 6) is -10.8. The highest BCUT2D eigenvalue weighted by atomic mass is 79.9. The summed E-state index contributed by atoms with van der Waals surface area (Å²) in [7, 11) is -0.123. The number of halogens is 8. The number of oxazole rings is 2. The van der Waals surface area contributed by atoms with E-state index in [0.717, 1.165) is 44.0 Å². The molecule has 4 aromatic heterocycles.